The lowest BCUT2D eigenvalue weighted by Crippen LogP contribution is -1.90. The van der Waals surface area contributed by atoms with Gasteiger partial charge in [-0.2, -0.15) is 0 Å². The Hall–Kier alpha value is -1.83. The Morgan fingerprint density at radius 1 is 1.00 bits per heavy atom. The number of nitrogens with zero attached hydrogens (tertiary/aromatic N) is 1. The zero-order valence-electron chi connectivity index (χ0n) is 9.82. The Balaban J connectivity index is 2.50. The van der Waals surface area contributed by atoms with E-state index in [9.17, 15) is 0 Å². The molecule has 0 fully saturated rings. The van der Waals surface area contributed by atoms with Crippen molar-refractivity contribution in [3.8, 4) is 17.0 Å². The maximum absolute atomic E-state index is 5.05. The Kier molecular flexibility index (Phi) is 2.91. The van der Waals surface area contributed by atoms with Crippen LogP contribution in [0.1, 0.15) is 11.1 Å². The van der Waals surface area contributed by atoms with Crippen molar-refractivity contribution in [2.45, 2.75) is 13.8 Å². The molecule has 82 valence electrons. The highest BCUT2D eigenvalue weighted by molar-refractivity contribution is 5.70. The van der Waals surface area contributed by atoms with Gasteiger partial charge in [-0.3, -0.25) is 0 Å². The molecule has 0 saturated carbocycles. The summed E-state index contributed by atoms with van der Waals surface area (Å²) in [6.07, 6.45) is 1.86. The zero-order valence-corrected chi connectivity index (χ0v) is 9.82. The van der Waals surface area contributed by atoms with Crippen molar-refractivity contribution in [1.29, 1.82) is 0 Å². The van der Waals surface area contributed by atoms with Gasteiger partial charge in [0.15, 0.2) is 0 Å². The van der Waals surface area contributed by atoms with Gasteiger partial charge in [0.1, 0.15) is 0 Å². The molecule has 1 aromatic carbocycles. The fourth-order valence-electron chi connectivity index (χ4n) is 1.92. The van der Waals surface area contributed by atoms with Gasteiger partial charge >= 0.3 is 0 Å². The largest absolute Gasteiger partial charge is 0.481 e. The van der Waals surface area contributed by atoms with Crippen LogP contribution in [0.2, 0.25) is 0 Å². The highest BCUT2D eigenvalue weighted by Gasteiger charge is 2.05. The highest BCUT2D eigenvalue weighted by atomic mass is 16.5. The monoisotopic (exact) mass is 213 g/mol. The Morgan fingerprint density at radius 2 is 1.69 bits per heavy atom. The quantitative estimate of drug-likeness (QED) is 0.763. The van der Waals surface area contributed by atoms with E-state index < -0.39 is 0 Å². The molecule has 0 N–H and O–H groups in total. The minimum Gasteiger partial charge on any atom is -0.481 e. The molecule has 0 aliphatic heterocycles. The molecule has 16 heavy (non-hydrogen) atoms. The standard InChI is InChI=1S/C14H15NO/c1-10-5-4-6-11(2)14(10)12-7-8-13(16-3)15-9-12/h4-9H,1-3H3. The van der Waals surface area contributed by atoms with Crippen LogP contribution in [-0.4, -0.2) is 12.1 Å². The van der Waals surface area contributed by atoms with Crippen molar-refractivity contribution in [3.05, 3.63) is 47.7 Å². The molecule has 1 heterocycles. The number of aryl methyl sites for hydroxylation is 2. The highest BCUT2D eigenvalue weighted by Crippen LogP contribution is 2.27. The van der Waals surface area contributed by atoms with Gasteiger partial charge in [-0.1, -0.05) is 18.2 Å². The first-order chi connectivity index (χ1) is 7.72. The van der Waals surface area contributed by atoms with Crippen LogP contribution in [0.5, 0.6) is 5.88 Å². The number of benzene rings is 1. The van der Waals surface area contributed by atoms with Gasteiger partial charge in [0.05, 0.1) is 7.11 Å². The second kappa shape index (κ2) is 4.35. The van der Waals surface area contributed by atoms with E-state index in [2.05, 4.69) is 37.0 Å². The third-order valence-electron chi connectivity index (χ3n) is 2.72. The topological polar surface area (TPSA) is 22.1 Å². The maximum Gasteiger partial charge on any atom is 0.212 e. The predicted molar refractivity (Wildman–Crippen MR) is 65.7 cm³/mol. The van der Waals surface area contributed by atoms with Crippen molar-refractivity contribution in [1.82, 2.24) is 4.98 Å². The van der Waals surface area contributed by atoms with E-state index in [-0.39, 0.29) is 0 Å². The number of rotatable bonds is 2. The maximum atomic E-state index is 5.05. The van der Waals surface area contributed by atoms with E-state index in [4.69, 9.17) is 4.74 Å². The van der Waals surface area contributed by atoms with Crippen LogP contribution in [0, 0.1) is 13.8 Å². The Morgan fingerprint density at radius 3 is 2.19 bits per heavy atom. The number of hydrogen-bond acceptors (Lipinski definition) is 2. The van der Waals surface area contributed by atoms with Crippen molar-refractivity contribution >= 4 is 0 Å². The van der Waals surface area contributed by atoms with Crippen molar-refractivity contribution < 1.29 is 4.74 Å². The molecule has 0 spiro atoms. The summed E-state index contributed by atoms with van der Waals surface area (Å²) in [6, 6.07) is 10.2. The number of hydrogen-bond donors (Lipinski definition) is 0. The van der Waals surface area contributed by atoms with Crippen LogP contribution < -0.4 is 4.74 Å². The van der Waals surface area contributed by atoms with Gasteiger partial charge in [0.25, 0.3) is 0 Å². The SMILES string of the molecule is COc1ccc(-c2c(C)cccc2C)cn1. The first kappa shape index (κ1) is 10.7. The number of methoxy groups -OCH3 is 1. The molecule has 2 rings (SSSR count). The zero-order chi connectivity index (χ0) is 11.5. The first-order valence-electron chi connectivity index (χ1n) is 5.29. The smallest absolute Gasteiger partial charge is 0.212 e. The predicted octanol–water partition coefficient (Wildman–Crippen LogP) is 3.37. The van der Waals surface area contributed by atoms with E-state index in [0.717, 1.165) is 5.56 Å². The lowest BCUT2D eigenvalue weighted by molar-refractivity contribution is 0.398. The summed E-state index contributed by atoms with van der Waals surface area (Å²) in [4.78, 5) is 4.23. The number of aromatic nitrogens is 1. The molecular weight excluding hydrogens is 198 g/mol. The molecule has 0 saturated heterocycles. The lowest BCUT2D eigenvalue weighted by atomic mass is 9.97. The molecule has 2 nitrogen and oxygen atoms in total. The lowest BCUT2D eigenvalue weighted by Gasteiger charge is -2.09. The fourth-order valence-corrected chi connectivity index (χ4v) is 1.92. The second-order valence-corrected chi connectivity index (χ2v) is 3.86. The molecule has 0 aliphatic rings. The minimum absolute atomic E-state index is 0.648. The van der Waals surface area contributed by atoms with Crippen LogP contribution in [0.4, 0.5) is 0 Å². The first-order valence-corrected chi connectivity index (χ1v) is 5.29. The van der Waals surface area contributed by atoms with E-state index in [1.165, 1.54) is 16.7 Å². The molecule has 2 aromatic rings. The van der Waals surface area contributed by atoms with E-state index in [0.29, 0.717) is 5.88 Å². The summed E-state index contributed by atoms with van der Waals surface area (Å²) in [5.74, 6) is 0.648. The van der Waals surface area contributed by atoms with Gasteiger partial charge in [-0.05, 0) is 36.6 Å². The van der Waals surface area contributed by atoms with Crippen LogP contribution in [0.25, 0.3) is 11.1 Å². The molecule has 0 bridgehead atoms. The van der Waals surface area contributed by atoms with Crippen LogP contribution in [0.15, 0.2) is 36.5 Å². The summed E-state index contributed by atoms with van der Waals surface area (Å²) < 4.78 is 5.05. The van der Waals surface area contributed by atoms with Crippen LogP contribution in [0.3, 0.4) is 0 Å². The molecule has 2 heteroatoms. The number of ether oxygens (including phenoxy) is 1. The number of pyridine rings is 1. The molecule has 0 aliphatic carbocycles. The molecule has 1 aromatic heterocycles. The van der Waals surface area contributed by atoms with E-state index >= 15 is 0 Å². The van der Waals surface area contributed by atoms with Gasteiger partial charge < -0.3 is 4.74 Å². The summed E-state index contributed by atoms with van der Waals surface area (Å²) in [5, 5.41) is 0. The minimum atomic E-state index is 0.648. The average Bonchev–Trinajstić information content (AvgIpc) is 2.30. The molecule has 0 amide bonds. The second-order valence-electron chi connectivity index (χ2n) is 3.86. The van der Waals surface area contributed by atoms with E-state index in [1.807, 2.05) is 18.3 Å². The summed E-state index contributed by atoms with van der Waals surface area (Å²) in [6.45, 7) is 4.24. The average molecular weight is 213 g/mol. The van der Waals surface area contributed by atoms with Crippen molar-refractivity contribution in [3.63, 3.8) is 0 Å². The van der Waals surface area contributed by atoms with Gasteiger partial charge in [-0.15, -0.1) is 0 Å². The third kappa shape index (κ3) is 1.91. The Labute approximate surface area is 95.9 Å². The van der Waals surface area contributed by atoms with Crippen LogP contribution in [-0.2, 0) is 0 Å². The third-order valence-corrected chi connectivity index (χ3v) is 2.72. The van der Waals surface area contributed by atoms with Crippen molar-refractivity contribution in [2.75, 3.05) is 7.11 Å². The summed E-state index contributed by atoms with van der Waals surface area (Å²) >= 11 is 0. The molecule has 0 radical (unpaired) electrons. The summed E-state index contributed by atoms with van der Waals surface area (Å²) in [5.41, 5.74) is 4.94. The Bertz CT molecular complexity index is 468. The fraction of sp³-hybridized carbons (Fsp3) is 0.214. The van der Waals surface area contributed by atoms with Gasteiger partial charge in [0, 0.05) is 17.8 Å². The van der Waals surface area contributed by atoms with Gasteiger partial charge in [-0.25, -0.2) is 4.98 Å². The van der Waals surface area contributed by atoms with Crippen LogP contribution >= 0.6 is 0 Å². The van der Waals surface area contributed by atoms with E-state index in [1.54, 1.807) is 7.11 Å². The summed E-state index contributed by atoms with van der Waals surface area (Å²) in [7, 11) is 1.63. The van der Waals surface area contributed by atoms with Crippen molar-refractivity contribution in [2.24, 2.45) is 0 Å². The molecular formula is C14H15NO. The normalized spacial score (nSPS) is 10.2. The molecule has 0 atom stereocenters. The van der Waals surface area contributed by atoms with Gasteiger partial charge in [0.2, 0.25) is 5.88 Å². The molecule has 0 unspecified atom stereocenters.